The van der Waals surface area contributed by atoms with Crippen molar-refractivity contribution in [2.45, 2.75) is 39.8 Å². The molecule has 0 spiro atoms. The summed E-state index contributed by atoms with van der Waals surface area (Å²) in [7, 11) is 1.08. The Morgan fingerprint density at radius 3 is 2.11 bits per heavy atom. The van der Waals surface area contributed by atoms with Gasteiger partial charge in [0.2, 0.25) is 0 Å². The van der Waals surface area contributed by atoms with Gasteiger partial charge in [-0.25, -0.2) is 0 Å². The van der Waals surface area contributed by atoms with Gasteiger partial charge in [-0.15, -0.1) is 40.6 Å². The summed E-state index contributed by atoms with van der Waals surface area (Å²) in [5.41, 5.74) is 2.99. The second-order valence-corrected chi connectivity index (χ2v) is 5.13. The van der Waals surface area contributed by atoms with Crippen molar-refractivity contribution >= 4 is 20.3 Å². The molecule has 0 nitrogen and oxygen atoms in total. The normalized spacial score (nSPS) is 8.42. The minimum absolute atomic E-state index is 0. The van der Waals surface area contributed by atoms with Crippen molar-refractivity contribution in [3.05, 3.63) is 41.5 Å². The van der Waals surface area contributed by atoms with E-state index in [4.69, 9.17) is 0 Å². The molecule has 2 aromatic carbocycles. The first-order valence-electron chi connectivity index (χ1n) is 5.97. The van der Waals surface area contributed by atoms with Gasteiger partial charge in [0, 0.05) is 9.52 Å². The Hall–Kier alpha value is 0.890. The third-order valence-corrected chi connectivity index (χ3v) is 2.70. The molecule has 19 heavy (non-hydrogen) atoms. The van der Waals surface area contributed by atoms with Crippen molar-refractivity contribution in [2.24, 2.45) is 0 Å². The van der Waals surface area contributed by atoms with E-state index in [1.807, 2.05) is 0 Å². The minimum Gasteiger partial charge on any atom is -1.00 e. The fraction of sp³-hybridized carbons (Fsp3) is 0.400. The summed E-state index contributed by atoms with van der Waals surface area (Å²) in [6.45, 7) is 8.77. The molecule has 0 fully saturated rings. The van der Waals surface area contributed by atoms with E-state index < -0.39 is 0 Å². The van der Waals surface area contributed by atoms with Gasteiger partial charge in [0.25, 0.3) is 0 Å². The predicted molar refractivity (Wildman–Crippen MR) is 75.8 cm³/mol. The van der Waals surface area contributed by atoms with Crippen molar-refractivity contribution in [1.82, 2.24) is 0 Å². The van der Waals surface area contributed by atoms with Gasteiger partial charge >= 0.3 is 26.2 Å². The molecular formula is C15H21Br2SiZr. The van der Waals surface area contributed by atoms with E-state index in [9.17, 15) is 0 Å². The molecule has 3 radical (unpaired) electrons. The fourth-order valence-corrected chi connectivity index (χ4v) is 1.96. The van der Waals surface area contributed by atoms with Gasteiger partial charge in [0.15, 0.2) is 0 Å². The van der Waals surface area contributed by atoms with Crippen LogP contribution in [0, 0.1) is 6.92 Å². The third kappa shape index (κ3) is 7.45. The first-order chi connectivity index (χ1) is 7.74. The molecule has 4 heteroatoms. The molecule has 0 aliphatic heterocycles. The molecule has 0 bridgehead atoms. The molecule has 0 aromatic heterocycles. The van der Waals surface area contributed by atoms with Crippen molar-refractivity contribution < 1.29 is 60.2 Å². The van der Waals surface area contributed by atoms with Gasteiger partial charge in [-0.2, -0.15) is 5.56 Å². The number of hydrogen-bond donors (Lipinski definition) is 0. The predicted octanol–water partition coefficient (Wildman–Crippen LogP) is -1.39. The molecule has 0 aliphatic carbocycles. The van der Waals surface area contributed by atoms with Crippen LogP contribution in [0.25, 0.3) is 10.8 Å². The Kier molecular flexibility index (Phi) is 18.1. The van der Waals surface area contributed by atoms with Crippen LogP contribution in [0.2, 0.25) is 13.1 Å². The van der Waals surface area contributed by atoms with E-state index in [1.54, 1.807) is 0 Å². The second kappa shape index (κ2) is 13.9. The Balaban J connectivity index is -0.000000393. The van der Waals surface area contributed by atoms with Crippen LogP contribution in [0.15, 0.2) is 30.3 Å². The standard InChI is InChI=1S/C13H15.C2H6Si.2BrH.Zr/c1-3-6-11-9-12-7-4-5-8-13(12)10(11)2;1-3-2;;;/h4-5,7-9H,3,6H2,1-2H3;1-2H3;2*1H;/q-1;;;;+3/p-2. The number of aryl methyl sites for hydroxylation is 2. The van der Waals surface area contributed by atoms with Gasteiger partial charge in [0.05, 0.1) is 0 Å². The summed E-state index contributed by atoms with van der Waals surface area (Å²) in [5.74, 6) is 0. The maximum atomic E-state index is 2.33. The van der Waals surface area contributed by atoms with Gasteiger partial charge in [-0.1, -0.05) is 39.4 Å². The smallest absolute Gasteiger partial charge is 1.00 e. The molecule has 0 saturated carbocycles. The Labute approximate surface area is 160 Å². The minimum atomic E-state index is 0. The van der Waals surface area contributed by atoms with Gasteiger partial charge in [-0.3, -0.25) is 0 Å². The molecule has 2 aromatic rings. The maximum Gasteiger partial charge on any atom is 3.00 e. The number of hydrogen-bond acceptors (Lipinski definition) is 0. The van der Waals surface area contributed by atoms with E-state index in [0.717, 1.165) is 9.52 Å². The number of benzene rings is 1. The number of halogens is 2. The average molecular weight is 480 g/mol. The van der Waals surface area contributed by atoms with Crippen LogP contribution in [0.3, 0.4) is 0 Å². The van der Waals surface area contributed by atoms with E-state index in [-0.39, 0.29) is 60.2 Å². The first kappa shape index (κ1) is 24.9. The molecule has 0 unspecified atom stereocenters. The number of fused-ring (bicyclic) bond motifs is 1. The summed E-state index contributed by atoms with van der Waals surface area (Å²) in [6.07, 6.45) is 2.44. The van der Waals surface area contributed by atoms with E-state index in [1.165, 1.54) is 34.7 Å². The Morgan fingerprint density at radius 1 is 1.11 bits per heavy atom. The molecule has 0 aliphatic rings. The second-order valence-electron chi connectivity index (χ2n) is 4.13. The van der Waals surface area contributed by atoms with E-state index >= 15 is 0 Å². The Bertz CT molecular complexity index is 441. The van der Waals surface area contributed by atoms with Gasteiger partial charge in [0.1, 0.15) is 0 Å². The van der Waals surface area contributed by atoms with Gasteiger partial charge < -0.3 is 34.0 Å². The SMILES string of the molecule is CCCc1[cH-]c2ccccc2c1C.C[Si]C.[Br-].[Br-].[Zr+3]. The molecule has 0 amide bonds. The van der Waals surface area contributed by atoms with Crippen molar-refractivity contribution in [1.29, 1.82) is 0 Å². The summed E-state index contributed by atoms with van der Waals surface area (Å²) < 4.78 is 0. The van der Waals surface area contributed by atoms with Crippen LogP contribution in [0.1, 0.15) is 24.5 Å². The Morgan fingerprint density at radius 2 is 1.63 bits per heavy atom. The molecule has 0 heterocycles. The summed E-state index contributed by atoms with van der Waals surface area (Å²) in [5, 5.41) is 2.81. The van der Waals surface area contributed by atoms with Crippen LogP contribution in [-0.4, -0.2) is 9.52 Å². The monoisotopic (exact) mass is 477 g/mol. The molecular weight excluding hydrogens is 459 g/mol. The van der Waals surface area contributed by atoms with Crippen LogP contribution in [0.4, 0.5) is 0 Å². The van der Waals surface area contributed by atoms with Crippen molar-refractivity contribution in [3.63, 3.8) is 0 Å². The average Bonchev–Trinajstić information content (AvgIpc) is 2.59. The molecule has 2 rings (SSSR count). The molecule has 0 saturated heterocycles. The third-order valence-electron chi connectivity index (χ3n) is 2.70. The maximum absolute atomic E-state index is 2.33. The number of rotatable bonds is 2. The quantitative estimate of drug-likeness (QED) is 0.367. The van der Waals surface area contributed by atoms with Crippen molar-refractivity contribution in [2.75, 3.05) is 0 Å². The van der Waals surface area contributed by atoms with Crippen LogP contribution >= 0.6 is 0 Å². The van der Waals surface area contributed by atoms with Crippen LogP contribution in [-0.2, 0) is 32.6 Å². The topological polar surface area (TPSA) is 0 Å². The van der Waals surface area contributed by atoms with Crippen LogP contribution in [0.5, 0.6) is 0 Å². The summed E-state index contributed by atoms with van der Waals surface area (Å²) >= 11 is 0. The zero-order valence-corrected chi connectivity index (χ0v) is 18.7. The first-order valence-corrected chi connectivity index (χ1v) is 7.97. The molecule has 103 valence electrons. The molecule has 0 atom stereocenters. The fourth-order valence-electron chi connectivity index (χ4n) is 1.96. The van der Waals surface area contributed by atoms with Crippen molar-refractivity contribution in [3.8, 4) is 0 Å². The molecule has 0 N–H and O–H groups in total. The van der Waals surface area contributed by atoms with E-state index in [2.05, 4.69) is 57.3 Å². The summed E-state index contributed by atoms with van der Waals surface area (Å²) in [4.78, 5) is 0. The zero-order valence-electron chi connectivity index (χ0n) is 12.1. The van der Waals surface area contributed by atoms with E-state index in [0.29, 0.717) is 0 Å². The largest absolute Gasteiger partial charge is 3.00 e. The van der Waals surface area contributed by atoms with Gasteiger partial charge in [-0.05, 0) is 6.42 Å². The zero-order chi connectivity index (χ0) is 12.0. The summed E-state index contributed by atoms with van der Waals surface area (Å²) in [6, 6.07) is 11.0. The van der Waals surface area contributed by atoms with Crippen LogP contribution < -0.4 is 34.0 Å².